The smallest absolute Gasteiger partial charge is 0.549 e. The average Bonchev–Trinajstić information content (AvgIpc) is 2.64. The maximum Gasteiger partial charge on any atom is 1.00 e. The van der Waals surface area contributed by atoms with Crippen LogP contribution in [0.1, 0.15) is 0 Å². The van der Waals surface area contributed by atoms with E-state index in [0.717, 1.165) is 0 Å². The van der Waals surface area contributed by atoms with E-state index in [9.17, 15) is 32.8 Å². The van der Waals surface area contributed by atoms with E-state index in [0.29, 0.717) is 0 Å². The van der Waals surface area contributed by atoms with Crippen LogP contribution in [0.2, 0.25) is 20.1 Å². The van der Waals surface area contributed by atoms with E-state index in [4.69, 9.17) is 51.5 Å². The quantitative estimate of drug-likeness (QED) is 0.0875. The number of carbonyl (C=O) groups excluding carboxylic acids is 2. The minimum absolute atomic E-state index is 0. The summed E-state index contributed by atoms with van der Waals surface area (Å²) in [4.78, 5) is 21.8. The molecule has 0 aliphatic heterocycles. The summed E-state index contributed by atoms with van der Waals surface area (Å²) in [5.41, 5.74) is 0. The predicted octanol–water partition coefficient (Wildman–Crippen LogP) is -2.08. The Morgan fingerprint density at radius 2 is 1.42 bits per heavy atom. The molecule has 0 amide bonds. The van der Waals surface area contributed by atoms with Gasteiger partial charge in [-0.05, 0) is 67.8 Å². The Bertz CT molecular complexity index is 1120. The Morgan fingerprint density at radius 1 is 0.970 bits per heavy atom. The van der Waals surface area contributed by atoms with Crippen LogP contribution in [0.4, 0.5) is 0 Å². The summed E-state index contributed by atoms with van der Waals surface area (Å²) < 4.78 is 30.2. The van der Waals surface area contributed by atoms with Crippen LogP contribution in [0.15, 0.2) is 21.7 Å². The van der Waals surface area contributed by atoms with Gasteiger partial charge in [-0.3, -0.25) is 4.55 Å². The molecule has 0 bridgehead atoms. The molecule has 2 rings (SSSR count). The minimum atomic E-state index is -4.92. The fourth-order valence-corrected chi connectivity index (χ4v) is 8.98. The van der Waals surface area contributed by atoms with E-state index in [1.807, 2.05) is 0 Å². The first-order valence-corrected chi connectivity index (χ1v) is 14.2. The molecule has 0 aromatic heterocycles. The van der Waals surface area contributed by atoms with Crippen LogP contribution in [0, 0.1) is 5.92 Å². The number of benzene rings is 1. The van der Waals surface area contributed by atoms with Gasteiger partial charge in [0.1, 0.15) is 14.2 Å². The molecule has 1 aliphatic carbocycles. The molecule has 0 fully saturated rings. The van der Waals surface area contributed by atoms with Crippen molar-refractivity contribution in [3.8, 4) is 5.75 Å². The van der Waals surface area contributed by atoms with Crippen LogP contribution in [-0.4, -0.2) is 33.4 Å². The third-order valence-electron chi connectivity index (χ3n) is 3.48. The number of carboxylic acid groups (broad SMARTS) is 2. The summed E-state index contributed by atoms with van der Waals surface area (Å²) in [5, 5.41) is 32.1. The first-order chi connectivity index (χ1) is 13.9. The first-order valence-electron chi connectivity index (χ1n) is 6.97. The van der Waals surface area contributed by atoms with Gasteiger partial charge in [0.15, 0.2) is 0 Å². The van der Waals surface area contributed by atoms with Crippen LogP contribution in [0.25, 0.3) is 0 Å². The van der Waals surface area contributed by atoms with Gasteiger partial charge in [0.25, 0.3) is 10.1 Å². The molecule has 0 heterocycles. The summed E-state index contributed by atoms with van der Waals surface area (Å²) in [6.45, 7) is 0. The van der Waals surface area contributed by atoms with Crippen LogP contribution in [0.5, 0.6) is 5.75 Å². The Kier molecular flexibility index (Phi) is 16.8. The number of phenolic OH excluding ortho intramolecular Hbond substituents is 1. The Hall–Kier alpha value is 2.62. The van der Waals surface area contributed by atoms with Crippen molar-refractivity contribution in [3.05, 3.63) is 41.8 Å². The van der Waals surface area contributed by atoms with E-state index in [1.165, 1.54) is 51.2 Å². The molecule has 33 heavy (non-hydrogen) atoms. The van der Waals surface area contributed by atoms with E-state index in [2.05, 4.69) is 0 Å². The third kappa shape index (κ3) is 8.30. The normalized spacial score (nSPS) is 20.2. The Labute approximate surface area is 286 Å². The molecule has 8 nitrogen and oxygen atoms in total. The van der Waals surface area contributed by atoms with Crippen molar-refractivity contribution in [1.29, 1.82) is 0 Å². The molecule has 0 spiro atoms. The SMILES string of the molecule is O=C([O-])C1C(S(=O)(=O)O)=C(I)C(I)=C(I)C1(I)C(=O)[O-].Oc1cc(Cl)c(Cl)c(Cl)c1Cl.[Li+].[Li+]. The van der Waals surface area contributed by atoms with Crippen LogP contribution >= 0.6 is 137 Å². The molecular weight excluding hydrogens is 992 g/mol. The first kappa shape index (κ1) is 37.8. The monoisotopic (exact) mass is 993 g/mol. The van der Waals surface area contributed by atoms with Gasteiger partial charge in [-0.15, -0.1) is 0 Å². The van der Waals surface area contributed by atoms with Crippen LogP contribution in [-0.2, 0) is 19.7 Å². The summed E-state index contributed by atoms with van der Waals surface area (Å²) >= 11 is 28.4. The number of carboxylic acids is 2. The van der Waals surface area contributed by atoms with Gasteiger partial charge >= 0.3 is 37.7 Å². The van der Waals surface area contributed by atoms with Gasteiger partial charge in [0, 0.05) is 16.8 Å². The van der Waals surface area contributed by atoms with Gasteiger partial charge in [0.2, 0.25) is 0 Å². The fraction of sp³-hybridized carbons (Fsp3) is 0.143. The largest absolute Gasteiger partial charge is 1.00 e. The Balaban J connectivity index is 0. The number of allylic oxidation sites excluding steroid dienone is 2. The van der Waals surface area contributed by atoms with Gasteiger partial charge < -0.3 is 24.9 Å². The molecule has 2 atom stereocenters. The van der Waals surface area contributed by atoms with Gasteiger partial charge in [0.05, 0.1) is 37.8 Å². The van der Waals surface area contributed by atoms with Crippen molar-refractivity contribution in [2.75, 3.05) is 0 Å². The molecule has 19 heteroatoms. The second-order valence-corrected chi connectivity index (χ2v) is 13.2. The maximum absolute atomic E-state index is 11.4. The minimum Gasteiger partial charge on any atom is -0.549 e. The summed E-state index contributed by atoms with van der Waals surface area (Å²) in [7, 11) is -4.92. The number of aromatic hydroxyl groups is 1. The molecule has 2 unspecified atom stereocenters. The number of hydrogen-bond donors (Lipinski definition) is 2. The Morgan fingerprint density at radius 3 is 1.79 bits per heavy atom. The number of phenols is 1. The molecule has 2 N–H and O–H groups in total. The zero-order valence-electron chi connectivity index (χ0n) is 15.9. The molecule has 0 radical (unpaired) electrons. The fourth-order valence-electron chi connectivity index (χ4n) is 2.10. The average molecular weight is 996 g/mol. The third-order valence-corrected chi connectivity index (χ3v) is 14.9. The number of rotatable bonds is 3. The van der Waals surface area contributed by atoms with Gasteiger partial charge in [-0.2, -0.15) is 8.42 Å². The number of carbonyl (C=O) groups is 2. The van der Waals surface area contributed by atoms with Crippen molar-refractivity contribution < 1.29 is 75.6 Å². The summed E-state index contributed by atoms with van der Waals surface area (Å²) in [6, 6.07) is 1.23. The van der Waals surface area contributed by atoms with E-state index < -0.39 is 36.3 Å². The van der Waals surface area contributed by atoms with Gasteiger partial charge in [-0.25, -0.2) is 0 Å². The second kappa shape index (κ2) is 14.7. The van der Waals surface area contributed by atoms with E-state index in [-0.39, 0.29) is 74.3 Å². The molecule has 0 saturated heterocycles. The van der Waals surface area contributed by atoms with Crippen molar-refractivity contribution in [3.63, 3.8) is 0 Å². The second-order valence-electron chi connectivity index (χ2n) is 5.35. The van der Waals surface area contributed by atoms with Crippen LogP contribution < -0.4 is 47.9 Å². The molecule has 1 aromatic carbocycles. The van der Waals surface area contributed by atoms with Crippen molar-refractivity contribution in [2.45, 2.75) is 3.42 Å². The molecule has 0 saturated carbocycles. The molecule has 1 aliphatic rings. The number of aliphatic carboxylic acids is 2. The molecular formula is C14H4Cl4I4Li2O8S. The number of alkyl halides is 1. The van der Waals surface area contributed by atoms with Crippen LogP contribution in [0.3, 0.4) is 0 Å². The van der Waals surface area contributed by atoms with Crippen molar-refractivity contribution in [1.82, 2.24) is 0 Å². The number of hydrogen-bond acceptors (Lipinski definition) is 7. The standard InChI is InChI=1S/C8H4I4O7S.C6H2Cl4O.2Li/c9-2-3(10)5(11)8(12,7(15)16)1(6(13)14)4(2)20(17,18)19;7-2-1-3(11)5(9)6(10)4(2)8;;/h1H,(H,13,14)(H,15,16)(H,17,18,19);1,11H;;/q;;2*+1/p-2. The zero-order valence-corrected chi connectivity index (χ0v) is 28.4. The molecule has 172 valence electrons. The van der Waals surface area contributed by atoms with Gasteiger partial charge in [-0.1, -0.05) is 69.0 Å². The number of halogens is 8. The predicted molar refractivity (Wildman–Crippen MR) is 146 cm³/mol. The van der Waals surface area contributed by atoms with Crippen molar-refractivity contribution in [2.24, 2.45) is 5.92 Å². The topological polar surface area (TPSA) is 155 Å². The summed E-state index contributed by atoms with van der Waals surface area (Å²) in [6.07, 6.45) is 0. The van der Waals surface area contributed by atoms with E-state index in [1.54, 1.807) is 45.2 Å². The zero-order chi connectivity index (χ0) is 24.6. The molecule has 1 aromatic rings. The van der Waals surface area contributed by atoms with Crippen molar-refractivity contribution >= 4 is 159 Å². The summed E-state index contributed by atoms with van der Waals surface area (Å²) in [5.74, 6) is -5.97. The maximum atomic E-state index is 11.4. The van der Waals surface area contributed by atoms with E-state index >= 15 is 0 Å².